The Bertz CT molecular complexity index is 407. The largest absolute Gasteiger partial charge is 0.469 e. The summed E-state index contributed by atoms with van der Waals surface area (Å²) in [6.45, 7) is -0.160. The van der Waals surface area contributed by atoms with Crippen LogP contribution in [0.5, 0.6) is 0 Å². The molecule has 1 aromatic rings. The van der Waals surface area contributed by atoms with Gasteiger partial charge in [-0.15, -0.1) is 0 Å². The molecule has 0 spiro atoms. The van der Waals surface area contributed by atoms with Crippen LogP contribution >= 0.6 is 7.82 Å². The van der Waals surface area contributed by atoms with Gasteiger partial charge in [0, 0.05) is 11.7 Å². The Morgan fingerprint density at radius 3 is 2.71 bits per heavy atom. The van der Waals surface area contributed by atoms with Crippen molar-refractivity contribution in [1.82, 2.24) is 0 Å². The molecule has 0 aliphatic heterocycles. The fourth-order valence-corrected chi connectivity index (χ4v) is 1.76. The molecular formula is C10H17N2O4P. The van der Waals surface area contributed by atoms with Gasteiger partial charge in [0.25, 0.3) is 0 Å². The number of hydrogen-bond acceptors (Lipinski definition) is 4. The van der Waals surface area contributed by atoms with Crippen LogP contribution < -0.4 is 11.5 Å². The van der Waals surface area contributed by atoms with Gasteiger partial charge in [-0.2, -0.15) is 0 Å². The Morgan fingerprint density at radius 1 is 1.41 bits per heavy atom. The first-order valence-electron chi connectivity index (χ1n) is 5.17. The zero-order chi connectivity index (χ0) is 12.9. The quantitative estimate of drug-likeness (QED) is 0.440. The molecule has 0 bridgehead atoms. The van der Waals surface area contributed by atoms with Crippen LogP contribution in [0.3, 0.4) is 0 Å². The first-order valence-corrected chi connectivity index (χ1v) is 6.70. The summed E-state index contributed by atoms with van der Waals surface area (Å²) in [7, 11) is -4.42. The van der Waals surface area contributed by atoms with Crippen LogP contribution in [0.1, 0.15) is 12.0 Å². The SMILES string of the molecule is Nc1cccc(CCC(N)COP(=O)(O)O)c1. The van der Waals surface area contributed by atoms with Gasteiger partial charge in [0.15, 0.2) is 0 Å². The van der Waals surface area contributed by atoms with Gasteiger partial charge in [0.05, 0.1) is 6.61 Å². The van der Waals surface area contributed by atoms with Crippen LogP contribution in [-0.4, -0.2) is 22.4 Å². The average molecular weight is 260 g/mol. The summed E-state index contributed by atoms with van der Waals surface area (Å²) in [5, 5.41) is 0. The summed E-state index contributed by atoms with van der Waals surface area (Å²) in [4.78, 5) is 17.0. The van der Waals surface area contributed by atoms with Crippen molar-refractivity contribution in [2.24, 2.45) is 5.73 Å². The number of rotatable bonds is 6. The summed E-state index contributed by atoms with van der Waals surface area (Å²) < 4.78 is 14.8. The van der Waals surface area contributed by atoms with Crippen LogP contribution in [0.15, 0.2) is 24.3 Å². The highest BCUT2D eigenvalue weighted by atomic mass is 31.2. The number of hydrogen-bond donors (Lipinski definition) is 4. The molecule has 0 aliphatic rings. The Labute approximate surface area is 99.8 Å². The first kappa shape index (κ1) is 14.2. The molecule has 0 fully saturated rings. The molecule has 0 radical (unpaired) electrons. The van der Waals surface area contributed by atoms with E-state index < -0.39 is 13.9 Å². The van der Waals surface area contributed by atoms with Gasteiger partial charge < -0.3 is 21.3 Å². The van der Waals surface area contributed by atoms with Gasteiger partial charge in [0.2, 0.25) is 0 Å². The predicted octanol–water partition coefficient (Wildman–Crippen LogP) is 0.638. The second-order valence-electron chi connectivity index (χ2n) is 3.83. The number of anilines is 1. The first-order chi connectivity index (χ1) is 7.87. The molecule has 1 rings (SSSR count). The molecule has 0 aromatic heterocycles. The van der Waals surface area contributed by atoms with Crippen LogP contribution in [0, 0.1) is 0 Å². The molecule has 1 aromatic carbocycles. The minimum atomic E-state index is -4.42. The van der Waals surface area contributed by atoms with Crippen molar-refractivity contribution in [2.45, 2.75) is 18.9 Å². The lowest BCUT2D eigenvalue weighted by Crippen LogP contribution is -2.26. The van der Waals surface area contributed by atoms with Crippen molar-refractivity contribution in [1.29, 1.82) is 0 Å². The van der Waals surface area contributed by atoms with E-state index in [-0.39, 0.29) is 6.61 Å². The highest BCUT2D eigenvalue weighted by Gasteiger charge is 2.15. The second-order valence-corrected chi connectivity index (χ2v) is 5.07. The molecule has 0 saturated heterocycles. The molecule has 7 heteroatoms. The highest BCUT2D eigenvalue weighted by molar-refractivity contribution is 7.46. The Balaban J connectivity index is 2.33. The normalized spacial score (nSPS) is 13.6. The van der Waals surface area contributed by atoms with E-state index in [4.69, 9.17) is 21.3 Å². The average Bonchev–Trinajstić information content (AvgIpc) is 2.23. The van der Waals surface area contributed by atoms with E-state index in [2.05, 4.69) is 4.52 Å². The minimum absolute atomic E-state index is 0.160. The van der Waals surface area contributed by atoms with E-state index in [9.17, 15) is 4.57 Å². The summed E-state index contributed by atoms with van der Waals surface area (Å²) in [6.07, 6.45) is 1.26. The molecule has 1 atom stereocenters. The fourth-order valence-electron chi connectivity index (χ4n) is 1.38. The maximum absolute atomic E-state index is 10.5. The van der Waals surface area contributed by atoms with Crippen LogP contribution in [-0.2, 0) is 15.5 Å². The van der Waals surface area contributed by atoms with E-state index in [0.717, 1.165) is 5.56 Å². The summed E-state index contributed by atoms with van der Waals surface area (Å²) in [5.41, 5.74) is 13.0. The lowest BCUT2D eigenvalue weighted by Gasteiger charge is -2.12. The number of phosphoric acid groups is 1. The van der Waals surface area contributed by atoms with Gasteiger partial charge in [-0.25, -0.2) is 4.57 Å². The molecule has 0 heterocycles. The smallest absolute Gasteiger partial charge is 0.399 e. The molecule has 6 nitrogen and oxygen atoms in total. The lowest BCUT2D eigenvalue weighted by atomic mass is 10.1. The van der Waals surface area contributed by atoms with Crippen molar-refractivity contribution in [3.63, 3.8) is 0 Å². The third-order valence-electron chi connectivity index (χ3n) is 2.21. The van der Waals surface area contributed by atoms with Crippen LogP contribution in [0.4, 0.5) is 5.69 Å². The Kier molecular flexibility index (Phi) is 5.11. The Hall–Kier alpha value is -0.910. The van der Waals surface area contributed by atoms with E-state index in [1.165, 1.54) is 0 Å². The van der Waals surface area contributed by atoms with Gasteiger partial charge >= 0.3 is 7.82 Å². The Morgan fingerprint density at radius 2 is 2.12 bits per heavy atom. The standard InChI is InChI=1S/C10H17N2O4P/c11-9-3-1-2-8(6-9)4-5-10(12)7-16-17(13,14)15/h1-3,6,10H,4-5,7,11-12H2,(H2,13,14,15). The second kappa shape index (κ2) is 6.14. The summed E-state index contributed by atoms with van der Waals surface area (Å²) in [6, 6.07) is 7.00. The number of phosphoric ester groups is 1. The van der Waals surface area contributed by atoms with Gasteiger partial charge in [-0.05, 0) is 30.5 Å². The lowest BCUT2D eigenvalue weighted by molar-refractivity contribution is 0.184. The van der Waals surface area contributed by atoms with E-state index in [1.807, 2.05) is 18.2 Å². The fraction of sp³-hybridized carbons (Fsp3) is 0.400. The van der Waals surface area contributed by atoms with E-state index in [0.29, 0.717) is 18.5 Å². The molecule has 0 amide bonds. The molecule has 6 N–H and O–H groups in total. The molecule has 17 heavy (non-hydrogen) atoms. The molecule has 0 saturated carbocycles. The third-order valence-corrected chi connectivity index (χ3v) is 2.70. The van der Waals surface area contributed by atoms with Crippen LogP contribution in [0.25, 0.3) is 0 Å². The van der Waals surface area contributed by atoms with E-state index in [1.54, 1.807) is 6.07 Å². The number of aryl methyl sites for hydroxylation is 1. The zero-order valence-electron chi connectivity index (χ0n) is 9.32. The number of nitrogens with two attached hydrogens (primary N) is 2. The molecule has 0 aliphatic carbocycles. The summed E-state index contributed by atoms with van der Waals surface area (Å²) in [5.74, 6) is 0. The van der Waals surface area contributed by atoms with Crippen molar-refractivity contribution in [3.05, 3.63) is 29.8 Å². The highest BCUT2D eigenvalue weighted by Crippen LogP contribution is 2.35. The van der Waals surface area contributed by atoms with Crippen LogP contribution in [0.2, 0.25) is 0 Å². The zero-order valence-corrected chi connectivity index (χ0v) is 10.2. The van der Waals surface area contributed by atoms with Crippen molar-refractivity contribution in [3.8, 4) is 0 Å². The maximum Gasteiger partial charge on any atom is 0.469 e. The van der Waals surface area contributed by atoms with Crippen molar-refractivity contribution in [2.75, 3.05) is 12.3 Å². The van der Waals surface area contributed by atoms with Gasteiger partial charge in [-0.3, -0.25) is 4.52 Å². The predicted molar refractivity (Wildman–Crippen MR) is 65.1 cm³/mol. The topological polar surface area (TPSA) is 119 Å². The monoisotopic (exact) mass is 260 g/mol. The summed E-state index contributed by atoms with van der Waals surface area (Å²) >= 11 is 0. The van der Waals surface area contributed by atoms with Gasteiger partial charge in [0.1, 0.15) is 0 Å². The van der Waals surface area contributed by atoms with Gasteiger partial charge in [-0.1, -0.05) is 12.1 Å². The number of nitrogen functional groups attached to an aromatic ring is 1. The van der Waals surface area contributed by atoms with Crippen molar-refractivity contribution < 1.29 is 18.9 Å². The van der Waals surface area contributed by atoms with E-state index >= 15 is 0 Å². The maximum atomic E-state index is 10.5. The minimum Gasteiger partial charge on any atom is -0.399 e. The molecular weight excluding hydrogens is 243 g/mol. The number of benzene rings is 1. The third kappa shape index (κ3) is 6.41. The van der Waals surface area contributed by atoms with Crippen molar-refractivity contribution >= 4 is 13.5 Å². The molecule has 96 valence electrons. The molecule has 1 unspecified atom stereocenters.